The summed E-state index contributed by atoms with van der Waals surface area (Å²) < 4.78 is 42.3. The lowest BCUT2D eigenvalue weighted by molar-refractivity contribution is -0.137. The van der Waals surface area contributed by atoms with Gasteiger partial charge in [0.25, 0.3) is 11.8 Å². The van der Waals surface area contributed by atoms with Gasteiger partial charge in [-0.1, -0.05) is 24.3 Å². The molecule has 1 saturated heterocycles. The third kappa shape index (κ3) is 3.17. The molecule has 6 rings (SSSR count). The number of likely N-dealkylation sites (tertiary alicyclic amines) is 1. The second-order valence-corrected chi connectivity index (χ2v) is 9.09. The molecule has 182 valence electrons. The van der Waals surface area contributed by atoms with Crippen molar-refractivity contribution in [3.63, 3.8) is 0 Å². The van der Waals surface area contributed by atoms with Crippen LogP contribution in [-0.2, 0) is 23.4 Å². The van der Waals surface area contributed by atoms with E-state index in [1.165, 1.54) is 34.1 Å². The SMILES string of the molecule is Nc1nc2cc(CN3C(=O)c4cc(F)ccc4[C@]34CCN(Cc3ccccc3F)C4=O)[nH]c2cc1F. The van der Waals surface area contributed by atoms with Crippen LogP contribution in [0.2, 0.25) is 0 Å². The summed E-state index contributed by atoms with van der Waals surface area (Å²) in [7, 11) is 0. The van der Waals surface area contributed by atoms with Crippen molar-refractivity contribution < 1.29 is 22.8 Å². The van der Waals surface area contributed by atoms with Crippen LogP contribution in [0.5, 0.6) is 0 Å². The molecular weight excluding hydrogens is 471 g/mol. The molecule has 3 N–H and O–H groups in total. The summed E-state index contributed by atoms with van der Waals surface area (Å²) in [5.41, 5.74) is 6.39. The lowest BCUT2D eigenvalue weighted by atomic mass is 9.87. The monoisotopic (exact) mass is 491 g/mol. The van der Waals surface area contributed by atoms with E-state index < -0.39 is 28.9 Å². The summed E-state index contributed by atoms with van der Waals surface area (Å²) in [6.45, 7) is 0.288. The molecule has 10 heteroatoms. The summed E-state index contributed by atoms with van der Waals surface area (Å²) >= 11 is 0. The highest BCUT2D eigenvalue weighted by atomic mass is 19.1. The summed E-state index contributed by atoms with van der Waals surface area (Å²) in [6.07, 6.45) is 0.255. The number of carbonyl (C=O) groups is 2. The number of carbonyl (C=O) groups excluding carboxylic acids is 2. The number of nitrogens with two attached hydrogens (primary N) is 1. The Labute approximate surface area is 203 Å². The minimum Gasteiger partial charge on any atom is -0.381 e. The van der Waals surface area contributed by atoms with Crippen LogP contribution in [0, 0.1) is 17.5 Å². The van der Waals surface area contributed by atoms with E-state index in [-0.39, 0.29) is 43.3 Å². The van der Waals surface area contributed by atoms with Crippen molar-refractivity contribution >= 4 is 28.7 Å². The number of H-pyrrole nitrogens is 1. The molecule has 1 spiro atoms. The molecule has 7 nitrogen and oxygen atoms in total. The van der Waals surface area contributed by atoms with Gasteiger partial charge in [0.2, 0.25) is 0 Å². The van der Waals surface area contributed by atoms with Gasteiger partial charge in [-0.15, -0.1) is 0 Å². The highest BCUT2D eigenvalue weighted by Gasteiger charge is 2.59. The average Bonchev–Trinajstić information content (AvgIpc) is 3.46. The maximum absolute atomic E-state index is 14.3. The Balaban J connectivity index is 1.41. The van der Waals surface area contributed by atoms with E-state index in [0.29, 0.717) is 27.9 Å². The Kier molecular flexibility index (Phi) is 4.82. The summed E-state index contributed by atoms with van der Waals surface area (Å²) in [5, 5.41) is 0. The number of nitrogens with zero attached hydrogens (tertiary/aromatic N) is 3. The quantitative estimate of drug-likeness (QED) is 0.454. The molecule has 1 fully saturated rings. The highest BCUT2D eigenvalue weighted by molar-refractivity contribution is 6.07. The number of hydrogen-bond donors (Lipinski definition) is 2. The van der Waals surface area contributed by atoms with E-state index in [9.17, 15) is 22.8 Å². The van der Waals surface area contributed by atoms with Gasteiger partial charge in [-0.05, 0) is 24.3 Å². The van der Waals surface area contributed by atoms with E-state index >= 15 is 0 Å². The van der Waals surface area contributed by atoms with Crippen molar-refractivity contribution in [1.29, 1.82) is 0 Å². The number of fused-ring (bicyclic) bond motifs is 3. The molecule has 0 radical (unpaired) electrons. The first-order valence-corrected chi connectivity index (χ1v) is 11.4. The molecule has 2 aromatic carbocycles. The van der Waals surface area contributed by atoms with Crippen molar-refractivity contribution in [2.24, 2.45) is 0 Å². The van der Waals surface area contributed by atoms with Gasteiger partial charge in [-0.3, -0.25) is 9.59 Å². The molecule has 0 saturated carbocycles. The van der Waals surface area contributed by atoms with Crippen molar-refractivity contribution in [3.8, 4) is 0 Å². The zero-order valence-corrected chi connectivity index (χ0v) is 18.9. The van der Waals surface area contributed by atoms with Crippen LogP contribution in [0.3, 0.4) is 0 Å². The number of nitrogen functional groups attached to an aromatic ring is 1. The zero-order valence-electron chi connectivity index (χ0n) is 18.9. The Hall–Kier alpha value is -4.34. The van der Waals surface area contributed by atoms with E-state index in [1.807, 2.05) is 0 Å². The normalized spacial score (nSPS) is 19.2. The lowest BCUT2D eigenvalue weighted by Gasteiger charge is -2.34. The van der Waals surface area contributed by atoms with Crippen LogP contribution in [-0.4, -0.2) is 38.1 Å². The molecule has 0 bridgehead atoms. The van der Waals surface area contributed by atoms with Crippen molar-refractivity contribution in [1.82, 2.24) is 19.8 Å². The Morgan fingerprint density at radius 2 is 1.81 bits per heavy atom. The van der Waals surface area contributed by atoms with Gasteiger partial charge >= 0.3 is 0 Å². The largest absolute Gasteiger partial charge is 0.381 e. The van der Waals surface area contributed by atoms with Gasteiger partial charge in [-0.2, -0.15) is 0 Å². The van der Waals surface area contributed by atoms with Crippen molar-refractivity contribution in [3.05, 3.63) is 94.4 Å². The number of aromatic amines is 1. The molecule has 2 aliphatic rings. The maximum Gasteiger partial charge on any atom is 0.255 e. The molecule has 1 atom stereocenters. The zero-order chi connectivity index (χ0) is 25.2. The number of hydrogen-bond acceptors (Lipinski definition) is 4. The number of amides is 2. The Morgan fingerprint density at radius 3 is 2.61 bits per heavy atom. The minimum atomic E-state index is -1.37. The molecule has 4 aromatic rings. The van der Waals surface area contributed by atoms with Gasteiger partial charge in [-0.25, -0.2) is 18.2 Å². The van der Waals surface area contributed by atoms with E-state index in [1.54, 1.807) is 24.3 Å². The van der Waals surface area contributed by atoms with Crippen LogP contribution in [0.15, 0.2) is 54.6 Å². The fourth-order valence-electron chi connectivity index (χ4n) is 5.33. The van der Waals surface area contributed by atoms with Gasteiger partial charge in [0.1, 0.15) is 17.2 Å². The topological polar surface area (TPSA) is 95.3 Å². The predicted molar refractivity (Wildman–Crippen MR) is 125 cm³/mol. The molecule has 36 heavy (non-hydrogen) atoms. The standard InChI is InChI=1S/C26H20F3N5O2/c27-15-5-6-18-17(9-15)24(35)34(13-16-10-21-22(31-16)11-20(29)23(30)32-21)26(18)7-8-33(25(26)36)12-14-3-1-2-4-19(14)28/h1-6,9-11,31H,7-8,12-13H2,(H2,30,32)/t26-/m0/s1. The second-order valence-electron chi connectivity index (χ2n) is 9.09. The number of pyridine rings is 1. The molecule has 0 aliphatic carbocycles. The molecule has 2 amide bonds. The fraction of sp³-hybridized carbons (Fsp3) is 0.192. The van der Waals surface area contributed by atoms with E-state index in [4.69, 9.17) is 5.73 Å². The number of benzene rings is 2. The molecule has 2 aliphatic heterocycles. The first-order chi connectivity index (χ1) is 17.3. The van der Waals surface area contributed by atoms with Crippen LogP contribution >= 0.6 is 0 Å². The average molecular weight is 491 g/mol. The maximum atomic E-state index is 14.3. The smallest absolute Gasteiger partial charge is 0.255 e. The third-order valence-corrected chi connectivity index (χ3v) is 7.03. The van der Waals surface area contributed by atoms with Gasteiger partial charge < -0.3 is 20.5 Å². The molecule has 2 aromatic heterocycles. The summed E-state index contributed by atoms with van der Waals surface area (Å²) in [4.78, 5) is 37.4. The number of anilines is 1. The Morgan fingerprint density at radius 1 is 1.00 bits per heavy atom. The fourth-order valence-corrected chi connectivity index (χ4v) is 5.33. The number of rotatable bonds is 4. The van der Waals surface area contributed by atoms with E-state index in [2.05, 4.69) is 9.97 Å². The van der Waals surface area contributed by atoms with E-state index in [0.717, 1.165) is 6.07 Å². The summed E-state index contributed by atoms with van der Waals surface area (Å²) in [6, 6.07) is 12.9. The predicted octanol–water partition coefficient (Wildman–Crippen LogP) is 3.85. The Bertz CT molecular complexity index is 1530. The van der Waals surface area contributed by atoms with Crippen LogP contribution in [0.4, 0.5) is 19.0 Å². The lowest BCUT2D eigenvalue weighted by Crippen LogP contribution is -2.49. The molecular formula is C26H20F3N5O2. The van der Waals surface area contributed by atoms with Gasteiger partial charge in [0, 0.05) is 48.0 Å². The highest BCUT2D eigenvalue weighted by Crippen LogP contribution is 2.47. The number of nitrogens with one attached hydrogen (secondary N) is 1. The summed E-state index contributed by atoms with van der Waals surface area (Å²) in [5.74, 6) is -2.81. The van der Waals surface area contributed by atoms with Crippen LogP contribution in [0.1, 0.15) is 33.6 Å². The first-order valence-electron chi connectivity index (χ1n) is 11.4. The second kappa shape index (κ2) is 7.84. The van der Waals surface area contributed by atoms with Crippen LogP contribution < -0.4 is 5.73 Å². The third-order valence-electron chi connectivity index (χ3n) is 7.03. The van der Waals surface area contributed by atoms with Gasteiger partial charge in [0.15, 0.2) is 11.6 Å². The van der Waals surface area contributed by atoms with Crippen molar-refractivity contribution in [2.75, 3.05) is 12.3 Å². The first kappa shape index (κ1) is 22.1. The van der Waals surface area contributed by atoms with Crippen molar-refractivity contribution in [2.45, 2.75) is 25.0 Å². The van der Waals surface area contributed by atoms with Crippen LogP contribution in [0.25, 0.3) is 11.0 Å². The molecule has 0 unspecified atom stereocenters. The number of aromatic nitrogens is 2. The minimum absolute atomic E-state index is 0.0354. The van der Waals surface area contributed by atoms with Gasteiger partial charge in [0.05, 0.1) is 17.6 Å². The number of halogens is 3. The molecule has 4 heterocycles.